The lowest BCUT2D eigenvalue weighted by Gasteiger charge is -2.30. The molecular weight excluding hydrogens is 280 g/mol. The third-order valence-electron chi connectivity index (χ3n) is 3.30. The number of carbonyl (C=O) groups is 1. The van der Waals surface area contributed by atoms with Crippen LogP contribution >= 0.6 is 0 Å². The second-order valence-corrected chi connectivity index (χ2v) is 6.91. The van der Waals surface area contributed by atoms with Gasteiger partial charge in [0.15, 0.2) is 0 Å². The van der Waals surface area contributed by atoms with Crippen LogP contribution in [0.3, 0.4) is 0 Å². The minimum absolute atomic E-state index is 0.0243. The van der Waals surface area contributed by atoms with E-state index in [4.69, 9.17) is 5.11 Å². The Labute approximate surface area is 118 Å². The Morgan fingerprint density at radius 3 is 2.65 bits per heavy atom. The SMILES string of the molecule is Cc1ccc(CS(=O)(=O)N2CCNC(C(=O)O)C2)cc1. The summed E-state index contributed by atoms with van der Waals surface area (Å²) in [6.45, 7) is 2.57. The molecule has 1 unspecified atom stereocenters. The first-order valence-corrected chi connectivity index (χ1v) is 7.99. The molecule has 1 heterocycles. The minimum Gasteiger partial charge on any atom is -0.480 e. The van der Waals surface area contributed by atoms with E-state index >= 15 is 0 Å². The van der Waals surface area contributed by atoms with Crippen molar-refractivity contribution in [2.24, 2.45) is 0 Å². The van der Waals surface area contributed by atoms with Crippen LogP contribution in [0.25, 0.3) is 0 Å². The maximum absolute atomic E-state index is 12.3. The summed E-state index contributed by atoms with van der Waals surface area (Å²) in [5.41, 5.74) is 1.78. The maximum atomic E-state index is 12.3. The number of sulfonamides is 1. The van der Waals surface area contributed by atoms with E-state index in [1.54, 1.807) is 12.1 Å². The van der Waals surface area contributed by atoms with Gasteiger partial charge in [0.05, 0.1) is 5.75 Å². The summed E-state index contributed by atoms with van der Waals surface area (Å²) in [6, 6.07) is 6.45. The number of carboxylic acid groups (broad SMARTS) is 1. The lowest BCUT2D eigenvalue weighted by atomic mass is 10.2. The van der Waals surface area contributed by atoms with Crippen molar-refractivity contribution in [3.05, 3.63) is 35.4 Å². The van der Waals surface area contributed by atoms with Crippen molar-refractivity contribution >= 4 is 16.0 Å². The molecule has 1 aromatic carbocycles. The summed E-state index contributed by atoms with van der Waals surface area (Å²) in [6.07, 6.45) is 0. The molecule has 0 bridgehead atoms. The van der Waals surface area contributed by atoms with Gasteiger partial charge in [0.25, 0.3) is 0 Å². The van der Waals surface area contributed by atoms with Gasteiger partial charge in [0.2, 0.25) is 10.0 Å². The van der Waals surface area contributed by atoms with Gasteiger partial charge in [-0.2, -0.15) is 4.31 Å². The number of hydrogen-bond donors (Lipinski definition) is 2. The number of piperazine rings is 1. The summed E-state index contributed by atoms with van der Waals surface area (Å²) in [5.74, 6) is -1.13. The highest BCUT2D eigenvalue weighted by atomic mass is 32.2. The van der Waals surface area contributed by atoms with E-state index in [-0.39, 0.29) is 12.3 Å². The molecule has 1 aliphatic rings. The first kappa shape index (κ1) is 15.0. The van der Waals surface area contributed by atoms with Crippen molar-refractivity contribution in [3.63, 3.8) is 0 Å². The highest BCUT2D eigenvalue weighted by Gasteiger charge is 2.31. The second-order valence-electron chi connectivity index (χ2n) is 4.94. The van der Waals surface area contributed by atoms with Gasteiger partial charge < -0.3 is 10.4 Å². The summed E-state index contributed by atoms with van der Waals surface area (Å²) < 4.78 is 25.9. The molecule has 1 saturated heterocycles. The van der Waals surface area contributed by atoms with Crippen LogP contribution in [0.2, 0.25) is 0 Å². The first-order chi connectivity index (χ1) is 9.38. The summed E-state index contributed by atoms with van der Waals surface area (Å²) in [5, 5.41) is 11.7. The molecule has 0 saturated carbocycles. The zero-order valence-corrected chi connectivity index (χ0v) is 12.1. The number of aliphatic carboxylic acids is 1. The summed E-state index contributed by atoms with van der Waals surface area (Å²) in [7, 11) is -3.49. The van der Waals surface area contributed by atoms with Crippen LogP contribution in [0.15, 0.2) is 24.3 Å². The van der Waals surface area contributed by atoms with E-state index in [1.807, 2.05) is 19.1 Å². The van der Waals surface area contributed by atoms with Crippen molar-refractivity contribution in [2.45, 2.75) is 18.7 Å². The van der Waals surface area contributed by atoms with Gasteiger partial charge in [-0.15, -0.1) is 0 Å². The molecular formula is C13H18N2O4S. The van der Waals surface area contributed by atoms with Crippen LogP contribution in [0, 0.1) is 6.92 Å². The van der Waals surface area contributed by atoms with E-state index in [9.17, 15) is 13.2 Å². The average molecular weight is 298 g/mol. The highest BCUT2D eigenvalue weighted by Crippen LogP contribution is 2.14. The van der Waals surface area contributed by atoms with Crippen molar-refractivity contribution in [1.82, 2.24) is 9.62 Å². The van der Waals surface area contributed by atoms with Crippen LogP contribution < -0.4 is 5.32 Å². The monoisotopic (exact) mass is 298 g/mol. The molecule has 110 valence electrons. The Hall–Kier alpha value is -1.44. The molecule has 20 heavy (non-hydrogen) atoms. The zero-order valence-electron chi connectivity index (χ0n) is 11.2. The van der Waals surface area contributed by atoms with Crippen LogP contribution in [0.1, 0.15) is 11.1 Å². The van der Waals surface area contributed by atoms with Crippen molar-refractivity contribution in [3.8, 4) is 0 Å². The molecule has 0 radical (unpaired) electrons. The molecule has 2 N–H and O–H groups in total. The van der Waals surface area contributed by atoms with Crippen molar-refractivity contribution < 1.29 is 18.3 Å². The Morgan fingerprint density at radius 2 is 2.05 bits per heavy atom. The normalized spacial score (nSPS) is 20.8. The van der Waals surface area contributed by atoms with Gasteiger partial charge in [0, 0.05) is 19.6 Å². The summed E-state index contributed by atoms with van der Waals surface area (Å²) in [4.78, 5) is 10.9. The van der Waals surface area contributed by atoms with E-state index in [2.05, 4.69) is 5.32 Å². The fourth-order valence-corrected chi connectivity index (χ4v) is 3.67. The molecule has 7 heteroatoms. The number of benzene rings is 1. The van der Waals surface area contributed by atoms with Crippen LogP contribution in [0.5, 0.6) is 0 Å². The van der Waals surface area contributed by atoms with Gasteiger partial charge in [-0.3, -0.25) is 4.79 Å². The van der Waals surface area contributed by atoms with Gasteiger partial charge in [-0.25, -0.2) is 8.42 Å². The number of carboxylic acids is 1. The van der Waals surface area contributed by atoms with E-state index in [0.29, 0.717) is 18.7 Å². The van der Waals surface area contributed by atoms with Crippen LogP contribution in [-0.4, -0.2) is 49.5 Å². The second kappa shape index (κ2) is 5.90. The number of hydrogen-bond acceptors (Lipinski definition) is 4. The van der Waals surface area contributed by atoms with Crippen LogP contribution in [0.4, 0.5) is 0 Å². The maximum Gasteiger partial charge on any atom is 0.322 e. The predicted octanol–water partition coefficient (Wildman–Crippen LogP) is 0.183. The molecule has 0 aromatic heterocycles. The lowest BCUT2D eigenvalue weighted by Crippen LogP contribution is -2.55. The molecule has 2 rings (SSSR count). The van der Waals surface area contributed by atoms with Crippen molar-refractivity contribution in [1.29, 1.82) is 0 Å². The quantitative estimate of drug-likeness (QED) is 0.828. The molecule has 1 fully saturated rings. The zero-order chi connectivity index (χ0) is 14.8. The number of rotatable bonds is 4. The van der Waals surface area contributed by atoms with Crippen LogP contribution in [-0.2, 0) is 20.6 Å². The third kappa shape index (κ3) is 3.56. The van der Waals surface area contributed by atoms with E-state index in [0.717, 1.165) is 5.56 Å². The molecule has 1 aromatic rings. The molecule has 0 amide bonds. The fourth-order valence-electron chi connectivity index (χ4n) is 2.13. The van der Waals surface area contributed by atoms with Gasteiger partial charge in [-0.05, 0) is 12.5 Å². The largest absolute Gasteiger partial charge is 0.480 e. The minimum atomic E-state index is -3.49. The summed E-state index contributed by atoms with van der Waals surface area (Å²) >= 11 is 0. The Balaban J connectivity index is 2.09. The molecule has 1 atom stereocenters. The number of nitrogens with one attached hydrogen (secondary N) is 1. The topological polar surface area (TPSA) is 86.7 Å². The fraction of sp³-hybridized carbons (Fsp3) is 0.462. The molecule has 6 nitrogen and oxygen atoms in total. The van der Waals surface area contributed by atoms with Gasteiger partial charge >= 0.3 is 5.97 Å². The smallest absolute Gasteiger partial charge is 0.322 e. The van der Waals surface area contributed by atoms with Crippen molar-refractivity contribution in [2.75, 3.05) is 19.6 Å². The van der Waals surface area contributed by atoms with Gasteiger partial charge in [-0.1, -0.05) is 29.8 Å². The van der Waals surface area contributed by atoms with E-state index in [1.165, 1.54) is 4.31 Å². The Kier molecular flexibility index (Phi) is 4.42. The number of aryl methyl sites for hydroxylation is 1. The predicted molar refractivity (Wildman–Crippen MR) is 74.8 cm³/mol. The molecule has 0 spiro atoms. The molecule has 1 aliphatic heterocycles. The standard InChI is InChI=1S/C13H18N2O4S/c1-10-2-4-11(5-3-10)9-20(18,19)15-7-6-14-12(8-15)13(16)17/h2-5,12,14H,6-9H2,1H3,(H,16,17). The Morgan fingerprint density at radius 1 is 1.40 bits per heavy atom. The lowest BCUT2D eigenvalue weighted by molar-refractivity contribution is -0.140. The first-order valence-electron chi connectivity index (χ1n) is 6.38. The van der Waals surface area contributed by atoms with E-state index < -0.39 is 22.0 Å². The number of nitrogens with zero attached hydrogens (tertiary/aromatic N) is 1. The highest BCUT2D eigenvalue weighted by molar-refractivity contribution is 7.88. The van der Waals surface area contributed by atoms with Gasteiger partial charge in [0.1, 0.15) is 6.04 Å². The third-order valence-corrected chi connectivity index (χ3v) is 5.12. The Bertz CT molecular complexity index is 583. The average Bonchev–Trinajstić information content (AvgIpc) is 2.41. The molecule has 0 aliphatic carbocycles.